The highest BCUT2D eigenvalue weighted by molar-refractivity contribution is 7.92. The molecule has 17 heavy (non-hydrogen) atoms. The number of H-pyrrole nitrogens is 1. The SMILES string of the molecule is Nc1cccc(Cl)c1NS(=O)(=O)c1ccn[nH]1. The van der Waals surface area contributed by atoms with Gasteiger partial charge in [-0.3, -0.25) is 9.82 Å². The van der Waals surface area contributed by atoms with Crippen LogP contribution in [-0.2, 0) is 10.0 Å². The van der Waals surface area contributed by atoms with Crippen LogP contribution in [0.1, 0.15) is 0 Å². The maximum Gasteiger partial charge on any atom is 0.278 e. The van der Waals surface area contributed by atoms with Crippen molar-refractivity contribution in [3.8, 4) is 0 Å². The summed E-state index contributed by atoms with van der Waals surface area (Å²) in [6, 6.07) is 6.06. The van der Waals surface area contributed by atoms with Crippen molar-refractivity contribution in [3.63, 3.8) is 0 Å². The van der Waals surface area contributed by atoms with Crippen molar-refractivity contribution < 1.29 is 8.42 Å². The van der Waals surface area contributed by atoms with E-state index in [1.807, 2.05) is 0 Å². The van der Waals surface area contributed by atoms with Gasteiger partial charge in [0.2, 0.25) is 0 Å². The number of nitrogens with two attached hydrogens (primary N) is 1. The van der Waals surface area contributed by atoms with Gasteiger partial charge in [0.15, 0.2) is 5.03 Å². The van der Waals surface area contributed by atoms with Crippen LogP contribution in [0.3, 0.4) is 0 Å². The van der Waals surface area contributed by atoms with Gasteiger partial charge in [-0.2, -0.15) is 13.5 Å². The van der Waals surface area contributed by atoms with Crippen LogP contribution in [0.4, 0.5) is 11.4 Å². The van der Waals surface area contributed by atoms with Crippen molar-refractivity contribution in [1.82, 2.24) is 10.2 Å². The van der Waals surface area contributed by atoms with Crippen LogP contribution in [0.15, 0.2) is 35.5 Å². The predicted octanol–water partition coefficient (Wildman–Crippen LogP) is 1.45. The summed E-state index contributed by atoms with van der Waals surface area (Å²) in [6.07, 6.45) is 1.34. The molecular weight excluding hydrogens is 264 g/mol. The molecule has 0 saturated heterocycles. The van der Waals surface area contributed by atoms with E-state index >= 15 is 0 Å². The summed E-state index contributed by atoms with van der Waals surface area (Å²) in [4.78, 5) is 0. The third kappa shape index (κ3) is 2.34. The number of para-hydroxylation sites is 1. The Labute approximate surface area is 103 Å². The second-order valence-corrected chi connectivity index (χ2v) is 5.29. The summed E-state index contributed by atoms with van der Waals surface area (Å²) in [6.45, 7) is 0. The molecule has 6 nitrogen and oxygen atoms in total. The molecule has 0 bridgehead atoms. The second-order valence-electron chi connectivity index (χ2n) is 3.23. The Morgan fingerprint density at radius 3 is 2.71 bits per heavy atom. The number of hydrogen-bond donors (Lipinski definition) is 3. The maximum atomic E-state index is 11.9. The lowest BCUT2D eigenvalue weighted by atomic mass is 10.3. The molecule has 4 N–H and O–H groups in total. The van der Waals surface area contributed by atoms with E-state index in [1.165, 1.54) is 12.3 Å². The number of halogens is 1. The van der Waals surface area contributed by atoms with E-state index in [9.17, 15) is 8.42 Å². The van der Waals surface area contributed by atoms with Gasteiger partial charge >= 0.3 is 0 Å². The maximum absolute atomic E-state index is 11.9. The van der Waals surface area contributed by atoms with Gasteiger partial charge in [-0.15, -0.1) is 0 Å². The van der Waals surface area contributed by atoms with Crippen molar-refractivity contribution >= 4 is 33.0 Å². The van der Waals surface area contributed by atoms with Crippen LogP contribution < -0.4 is 10.5 Å². The Balaban J connectivity index is 2.40. The summed E-state index contributed by atoms with van der Waals surface area (Å²) in [5.74, 6) is 0. The average Bonchev–Trinajstić information content (AvgIpc) is 2.77. The first-order chi connectivity index (χ1) is 8.00. The molecule has 0 radical (unpaired) electrons. The van der Waals surface area contributed by atoms with Gasteiger partial charge in [-0.25, -0.2) is 0 Å². The van der Waals surface area contributed by atoms with Crippen molar-refractivity contribution in [1.29, 1.82) is 0 Å². The van der Waals surface area contributed by atoms with Gasteiger partial charge in [0.25, 0.3) is 10.0 Å². The van der Waals surface area contributed by atoms with Gasteiger partial charge in [0, 0.05) is 0 Å². The molecule has 0 aliphatic heterocycles. The van der Waals surface area contributed by atoms with Crippen LogP contribution in [0, 0.1) is 0 Å². The fourth-order valence-electron chi connectivity index (χ4n) is 1.23. The van der Waals surface area contributed by atoms with Crippen molar-refractivity contribution in [2.75, 3.05) is 10.5 Å². The van der Waals surface area contributed by atoms with Crippen LogP contribution in [0.5, 0.6) is 0 Å². The molecule has 0 fully saturated rings. The number of rotatable bonds is 3. The Kier molecular flexibility index (Phi) is 2.95. The third-order valence-corrected chi connectivity index (χ3v) is 3.64. The predicted molar refractivity (Wildman–Crippen MR) is 65.3 cm³/mol. The number of nitrogen functional groups attached to an aromatic ring is 1. The summed E-state index contributed by atoms with van der Waals surface area (Å²) in [7, 11) is -3.75. The van der Waals surface area contributed by atoms with Crippen molar-refractivity contribution in [3.05, 3.63) is 35.5 Å². The molecular formula is C9H9ClN4O2S. The average molecular weight is 273 g/mol. The summed E-state index contributed by atoms with van der Waals surface area (Å²) in [5, 5.41) is 6.09. The fraction of sp³-hybridized carbons (Fsp3) is 0. The van der Waals surface area contributed by atoms with Gasteiger partial charge in [-0.05, 0) is 18.2 Å². The van der Waals surface area contributed by atoms with E-state index in [1.54, 1.807) is 18.2 Å². The van der Waals surface area contributed by atoms with Gasteiger partial charge in [0.1, 0.15) is 0 Å². The molecule has 0 saturated carbocycles. The highest BCUT2D eigenvalue weighted by Gasteiger charge is 2.18. The third-order valence-electron chi connectivity index (χ3n) is 2.05. The number of nitrogens with one attached hydrogen (secondary N) is 2. The molecule has 90 valence electrons. The highest BCUT2D eigenvalue weighted by Crippen LogP contribution is 2.29. The Morgan fingerprint density at radius 1 is 1.35 bits per heavy atom. The zero-order chi connectivity index (χ0) is 12.5. The normalized spacial score (nSPS) is 11.4. The van der Waals surface area contributed by atoms with E-state index < -0.39 is 10.0 Å². The van der Waals surface area contributed by atoms with Crippen LogP contribution in [0.2, 0.25) is 5.02 Å². The topological polar surface area (TPSA) is 101 Å². The van der Waals surface area contributed by atoms with Crippen LogP contribution >= 0.6 is 11.6 Å². The summed E-state index contributed by atoms with van der Waals surface area (Å²) >= 11 is 5.86. The Bertz CT molecular complexity index is 604. The van der Waals surface area contributed by atoms with E-state index in [-0.39, 0.29) is 21.4 Å². The Morgan fingerprint density at radius 2 is 2.12 bits per heavy atom. The Hall–Kier alpha value is -1.73. The molecule has 0 atom stereocenters. The lowest BCUT2D eigenvalue weighted by Gasteiger charge is -2.10. The molecule has 2 aromatic rings. The molecule has 0 aliphatic rings. The van der Waals surface area contributed by atoms with Crippen LogP contribution in [0.25, 0.3) is 0 Å². The smallest absolute Gasteiger partial charge is 0.278 e. The lowest BCUT2D eigenvalue weighted by molar-refractivity contribution is 0.597. The monoisotopic (exact) mass is 272 g/mol. The van der Waals surface area contributed by atoms with E-state index in [0.29, 0.717) is 0 Å². The van der Waals surface area contributed by atoms with Crippen molar-refractivity contribution in [2.45, 2.75) is 5.03 Å². The molecule has 2 rings (SSSR count). The summed E-state index contributed by atoms with van der Waals surface area (Å²) < 4.78 is 26.0. The first kappa shape index (κ1) is 11.7. The first-order valence-corrected chi connectivity index (χ1v) is 6.43. The first-order valence-electron chi connectivity index (χ1n) is 4.57. The number of aromatic nitrogens is 2. The highest BCUT2D eigenvalue weighted by atomic mass is 35.5. The molecule has 0 unspecified atom stereocenters. The number of benzene rings is 1. The van der Waals surface area contributed by atoms with Gasteiger partial charge < -0.3 is 5.73 Å². The number of nitrogens with zero attached hydrogens (tertiary/aromatic N) is 1. The summed E-state index contributed by atoms with van der Waals surface area (Å²) in [5.41, 5.74) is 6.05. The fourth-order valence-corrected chi connectivity index (χ4v) is 2.54. The standard InChI is InChI=1S/C9H9ClN4O2S/c10-6-2-1-3-7(11)9(6)14-17(15,16)8-4-5-12-13-8/h1-5,14H,11H2,(H,12,13). The molecule has 0 amide bonds. The molecule has 0 aliphatic carbocycles. The number of aromatic amines is 1. The minimum absolute atomic E-state index is 0.0585. The molecule has 1 aromatic carbocycles. The zero-order valence-electron chi connectivity index (χ0n) is 8.51. The van der Waals surface area contributed by atoms with Crippen LogP contribution in [-0.4, -0.2) is 18.6 Å². The van der Waals surface area contributed by atoms with Gasteiger partial charge in [0.05, 0.1) is 22.6 Å². The molecule has 1 heterocycles. The molecule has 1 aromatic heterocycles. The quantitative estimate of drug-likeness (QED) is 0.736. The zero-order valence-corrected chi connectivity index (χ0v) is 10.1. The number of anilines is 2. The van der Waals surface area contributed by atoms with Crippen molar-refractivity contribution in [2.24, 2.45) is 0 Å². The molecule has 0 spiro atoms. The minimum atomic E-state index is -3.75. The number of hydrogen-bond acceptors (Lipinski definition) is 4. The van der Waals surface area contributed by atoms with Gasteiger partial charge in [-0.1, -0.05) is 17.7 Å². The van der Waals surface area contributed by atoms with E-state index in [0.717, 1.165) is 0 Å². The van der Waals surface area contributed by atoms with E-state index in [4.69, 9.17) is 17.3 Å². The molecule has 8 heteroatoms. The second kappa shape index (κ2) is 4.27. The van der Waals surface area contributed by atoms with E-state index in [2.05, 4.69) is 14.9 Å². The minimum Gasteiger partial charge on any atom is -0.397 e. The number of sulfonamides is 1. The largest absolute Gasteiger partial charge is 0.397 e. The lowest BCUT2D eigenvalue weighted by Crippen LogP contribution is -2.15.